The molecule has 9 nitrogen and oxygen atoms in total. The van der Waals surface area contributed by atoms with Crippen molar-refractivity contribution in [2.45, 2.75) is 32.7 Å². The number of carbonyl (C=O) groups is 1. The van der Waals surface area contributed by atoms with Crippen molar-refractivity contribution in [3.8, 4) is 0 Å². The number of rotatable bonds is 5. The van der Waals surface area contributed by atoms with Gasteiger partial charge in [0.2, 0.25) is 11.9 Å². The Balaban J connectivity index is 1.57. The van der Waals surface area contributed by atoms with Gasteiger partial charge in [0.1, 0.15) is 5.69 Å². The van der Waals surface area contributed by atoms with Crippen LogP contribution in [0.2, 0.25) is 0 Å². The van der Waals surface area contributed by atoms with E-state index in [2.05, 4.69) is 30.4 Å². The van der Waals surface area contributed by atoms with Crippen molar-refractivity contribution in [1.82, 2.24) is 34.6 Å². The first-order valence-corrected chi connectivity index (χ1v) is 9.88. The van der Waals surface area contributed by atoms with Crippen molar-refractivity contribution < 1.29 is 4.79 Å². The molecule has 1 N–H and O–H groups in total. The van der Waals surface area contributed by atoms with Gasteiger partial charge in [-0.3, -0.25) is 14.5 Å². The predicted octanol–water partition coefficient (Wildman–Crippen LogP) is 2.74. The molecule has 0 bridgehead atoms. The standard InChI is InChI=1S/C21H24N8O/c1-14-13-15(2)26-21(25-14)27-20-19(22-10-11-23-20)17-5-4-12-29(17)18(30)7-6-16-8-9-24-28(16)3/h6-11,13,17H,4-5,12H2,1-3H3,(H,23,25,26,27). The maximum atomic E-state index is 12.9. The SMILES string of the molecule is Cc1cc(C)nc(Nc2nccnc2C2CCCN2C(=O)C=Cc2ccnn2C)n1. The minimum absolute atomic E-state index is 0.0575. The summed E-state index contributed by atoms with van der Waals surface area (Å²) < 4.78 is 1.72. The number of hydrogen-bond donors (Lipinski definition) is 1. The van der Waals surface area contributed by atoms with E-state index in [1.54, 1.807) is 35.4 Å². The van der Waals surface area contributed by atoms with Gasteiger partial charge in [-0.1, -0.05) is 0 Å². The van der Waals surface area contributed by atoms with Crippen molar-refractivity contribution in [3.63, 3.8) is 0 Å². The summed E-state index contributed by atoms with van der Waals surface area (Å²) in [5.74, 6) is 0.988. The van der Waals surface area contributed by atoms with E-state index in [1.807, 2.05) is 37.9 Å². The number of amides is 1. The lowest BCUT2D eigenvalue weighted by molar-refractivity contribution is -0.126. The second kappa shape index (κ2) is 8.40. The van der Waals surface area contributed by atoms with Gasteiger partial charge < -0.3 is 10.2 Å². The molecular formula is C21H24N8O. The summed E-state index contributed by atoms with van der Waals surface area (Å²) >= 11 is 0. The summed E-state index contributed by atoms with van der Waals surface area (Å²) in [5.41, 5.74) is 3.33. The Hall–Kier alpha value is -3.62. The highest BCUT2D eigenvalue weighted by atomic mass is 16.2. The van der Waals surface area contributed by atoms with E-state index >= 15 is 0 Å². The average Bonchev–Trinajstić information content (AvgIpc) is 3.35. The number of nitrogens with zero attached hydrogens (tertiary/aromatic N) is 7. The molecule has 4 heterocycles. The van der Waals surface area contributed by atoms with Gasteiger partial charge in [0.15, 0.2) is 5.82 Å². The first kappa shape index (κ1) is 19.7. The van der Waals surface area contributed by atoms with Crippen LogP contribution in [0.5, 0.6) is 0 Å². The number of hydrogen-bond acceptors (Lipinski definition) is 7. The molecule has 1 aliphatic rings. The van der Waals surface area contributed by atoms with Crippen LogP contribution in [-0.4, -0.2) is 47.1 Å². The van der Waals surface area contributed by atoms with E-state index in [0.29, 0.717) is 18.3 Å². The monoisotopic (exact) mass is 404 g/mol. The normalized spacial score (nSPS) is 16.4. The maximum absolute atomic E-state index is 12.9. The minimum Gasteiger partial charge on any atom is -0.330 e. The zero-order valence-corrected chi connectivity index (χ0v) is 17.3. The molecule has 1 fully saturated rings. The molecule has 0 radical (unpaired) electrons. The Morgan fingerprint density at radius 1 is 1.17 bits per heavy atom. The summed E-state index contributed by atoms with van der Waals surface area (Å²) in [6, 6.07) is 3.62. The van der Waals surface area contributed by atoms with Gasteiger partial charge >= 0.3 is 0 Å². The Morgan fingerprint density at radius 3 is 2.67 bits per heavy atom. The van der Waals surface area contributed by atoms with E-state index in [9.17, 15) is 4.79 Å². The van der Waals surface area contributed by atoms with E-state index in [1.165, 1.54) is 0 Å². The van der Waals surface area contributed by atoms with Gasteiger partial charge in [-0.15, -0.1) is 0 Å². The number of nitrogens with one attached hydrogen (secondary N) is 1. The Labute approximate surface area is 174 Å². The van der Waals surface area contributed by atoms with Crippen LogP contribution >= 0.6 is 0 Å². The van der Waals surface area contributed by atoms with Crippen molar-refractivity contribution >= 4 is 23.7 Å². The van der Waals surface area contributed by atoms with Gasteiger partial charge in [-0.05, 0) is 44.9 Å². The fourth-order valence-corrected chi connectivity index (χ4v) is 3.69. The molecule has 30 heavy (non-hydrogen) atoms. The molecule has 3 aromatic heterocycles. The Bertz CT molecular complexity index is 1070. The highest BCUT2D eigenvalue weighted by molar-refractivity contribution is 5.92. The molecule has 154 valence electrons. The first-order valence-electron chi connectivity index (χ1n) is 9.88. The van der Waals surface area contributed by atoms with Crippen molar-refractivity contribution in [2.75, 3.05) is 11.9 Å². The number of carbonyl (C=O) groups excluding carboxylic acids is 1. The molecule has 0 spiro atoms. The summed E-state index contributed by atoms with van der Waals surface area (Å²) in [4.78, 5) is 32.6. The quantitative estimate of drug-likeness (QED) is 0.652. The van der Waals surface area contributed by atoms with Crippen LogP contribution < -0.4 is 5.32 Å². The highest BCUT2D eigenvalue weighted by Crippen LogP contribution is 2.34. The Morgan fingerprint density at radius 2 is 1.93 bits per heavy atom. The van der Waals surface area contributed by atoms with Crippen molar-refractivity contribution in [3.05, 3.63) is 59.6 Å². The van der Waals surface area contributed by atoms with Crippen LogP contribution in [0.25, 0.3) is 6.08 Å². The number of aromatic nitrogens is 6. The fourth-order valence-electron chi connectivity index (χ4n) is 3.69. The molecule has 3 aromatic rings. The van der Waals surface area contributed by atoms with Crippen LogP contribution in [0.15, 0.2) is 36.8 Å². The molecule has 0 saturated carbocycles. The number of anilines is 2. The zero-order valence-electron chi connectivity index (χ0n) is 17.3. The molecule has 1 amide bonds. The topological polar surface area (TPSA) is 102 Å². The van der Waals surface area contributed by atoms with E-state index in [0.717, 1.165) is 35.6 Å². The summed E-state index contributed by atoms with van der Waals surface area (Å²) in [5, 5.41) is 7.31. The van der Waals surface area contributed by atoms with Crippen LogP contribution in [0.4, 0.5) is 11.8 Å². The van der Waals surface area contributed by atoms with E-state index in [-0.39, 0.29) is 11.9 Å². The van der Waals surface area contributed by atoms with Crippen LogP contribution in [0.1, 0.15) is 41.7 Å². The molecule has 1 aliphatic heterocycles. The molecule has 9 heteroatoms. The van der Waals surface area contributed by atoms with Crippen LogP contribution in [-0.2, 0) is 11.8 Å². The van der Waals surface area contributed by atoms with Crippen LogP contribution in [0.3, 0.4) is 0 Å². The zero-order chi connectivity index (χ0) is 21.1. The Kier molecular flexibility index (Phi) is 5.51. The summed E-state index contributed by atoms with van der Waals surface area (Å²) in [7, 11) is 1.84. The third-order valence-corrected chi connectivity index (χ3v) is 5.05. The molecular weight excluding hydrogens is 380 g/mol. The third kappa shape index (κ3) is 4.19. The van der Waals surface area contributed by atoms with Gasteiger partial charge in [-0.2, -0.15) is 5.10 Å². The largest absolute Gasteiger partial charge is 0.330 e. The lowest BCUT2D eigenvalue weighted by Gasteiger charge is -2.24. The average molecular weight is 404 g/mol. The lowest BCUT2D eigenvalue weighted by atomic mass is 10.1. The fraction of sp³-hybridized carbons (Fsp3) is 0.333. The minimum atomic E-state index is -0.157. The van der Waals surface area contributed by atoms with E-state index < -0.39 is 0 Å². The summed E-state index contributed by atoms with van der Waals surface area (Å²) in [6.07, 6.45) is 10.1. The third-order valence-electron chi connectivity index (χ3n) is 5.05. The number of likely N-dealkylation sites (tertiary alicyclic amines) is 1. The first-order chi connectivity index (χ1) is 14.5. The maximum Gasteiger partial charge on any atom is 0.247 e. The lowest BCUT2D eigenvalue weighted by Crippen LogP contribution is -2.30. The van der Waals surface area contributed by atoms with Gasteiger partial charge in [0.25, 0.3) is 0 Å². The smallest absolute Gasteiger partial charge is 0.247 e. The van der Waals surface area contributed by atoms with Gasteiger partial charge in [0, 0.05) is 49.6 Å². The highest BCUT2D eigenvalue weighted by Gasteiger charge is 2.32. The molecule has 0 aliphatic carbocycles. The predicted molar refractivity (Wildman–Crippen MR) is 113 cm³/mol. The summed E-state index contributed by atoms with van der Waals surface area (Å²) in [6.45, 7) is 4.52. The van der Waals surface area contributed by atoms with Crippen molar-refractivity contribution in [1.29, 1.82) is 0 Å². The second-order valence-electron chi connectivity index (χ2n) is 7.29. The number of aryl methyl sites for hydroxylation is 3. The molecule has 1 unspecified atom stereocenters. The van der Waals surface area contributed by atoms with Crippen LogP contribution in [0, 0.1) is 13.8 Å². The van der Waals surface area contributed by atoms with Crippen molar-refractivity contribution in [2.24, 2.45) is 7.05 Å². The van der Waals surface area contributed by atoms with Gasteiger partial charge in [-0.25, -0.2) is 15.0 Å². The molecule has 1 saturated heterocycles. The molecule has 4 rings (SSSR count). The van der Waals surface area contributed by atoms with Gasteiger partial charge in [0.05, 0.1) is 11.7 Å². The van der Waals surface area contributed by atoms with E-state index in [4.69, 9.17) is 0 Å². The second-order valence-corrected chi connectivity index (χ2v) is 7.29. The molecule has 1 atom stereocenters. The molecule has 0 aromatic carbocycles.